The molecule has 0 radical (unpaired) electrons. The lowest BCUT2D eigenvalue weighted by atomic mass is 9.64. The number of ether oxygens (including phenoxy) is 2. The Labute approximate surface area is 208 Å². The van der Waals surface area contributed by atoms with E-state index in [1.54, 1.807) is 48.5 Å². The minimum Gasteiger partial charge on any atom is -0.508 e. The number of aromatic hydroxyl groups is 1. The van der Waals surface area contributed by atoms with Crippen LogP contribution in [0.4, 0.5) is 5.69 Å². The third-order valence-electron chi connectivity index (χ3n) is 7.86. The maximum Gasteiger partial charge on any atom is 0.238 e. The van der Waals surface area contributed by atoms with Crippen LogP contribution in [-0.2, 0) is 14.3 Å². The topological polar surface area (TPSA) is 96.3 Å². The number of phenolic OH excluding ortho intramolecular Hbond substituents is 1. The van der Waals surface area contributed by atoms with E-state index in [0.29, 0.717) is 23.4 Å². The summed E-state index contributed by atoms with van der Waals surface area (Å²) in [6.45, 7) is 0.126. The zero-order valence-corrected chi connectivity index (χ0v) is 19.6. The zero-order chi connectivity index (χ0) is 24.9. The van der Waals surface area contributed by atoms with Gasteiger partial charge < -0.3 is 19.7 Å². The van der Waals surface area contributed by atoms with Gasteiger partial charge in [0.2, 0.25) is 11.8 Å². The van der Waals surface area contributed by atoms with Gasteiger partial charge in [-0.1, -0.05) is 54.6 Å². The van der Waals surface area contributed by atoms with Crippen molar-refractivity contribution in [3.63, 3.8) is 0 Å². The Bertz CT molecular complexity index is 1280. The summed E-state index contributed by atoms with van der Waals surface area (Å²) >= 11 is 0. The van der Waals surface area contributed by atoms with Crippen LogP contribution in [0.2, 0.25) is 0 Å². The molecule has 3 fully saturated rings. The average molecular weight is 486 g/mol. The molecule has 2 heterocycles. The quantitative estimate of drug-likeness (QED) is 0.529. The van der Waals surface area contributed by atoms with E-state index in [1.807, 2.05) is 36.4 Å². The molecule has 6 rings (SSSR count). The van der Waals surface area contributed by atoms with E-state index in [9.17, 15) is 19.8 Å². The molecular formula is C29H27NO6. The molecule has 36 heavy (non-hydrogen) atoms. The molecule has 0 bridgehead atoms. The van der Waals surface area contributed by atoms with Crippen molar-refractivity contribution in [3.8, 4) is 11.5 Å². The Morgan fingerprint density at radius 2 is 1.56 bits per heavy atom. The molecule has 6 atom stereocenters. The van der Waals surface area contributed by atoms with Crippen molar-refractivity contribution < 1.29 is 29.3 Å². The SMILES string of the molecule is O=C1[C@H]2[C@H](C[C@H](COc3ccccc3)[C@@]3(O)O[C@H](c4ccccc4O)C[C@@H]23)C(=O)N1c1ccccc1. The van der Waals surface area contributed by atoms with Crippen molar-refractivity contribution in [2.45, 2.75) is 24.7 Å². The lowest BCUT2D eigenvalue weighted by Gasteiger charge is -2.44. The predicted octanol–water partition coefficient (Wildman–Crippen LogP) is 4.06. The van der Waals surface area contributed by atoms with Crippen molar-refractivity contribution in [3.05, 3.63) is 90.5 Å². The molecule has 2 saturated heterocycles. The number of fused-ring (bicyclic) bond motifs is 3. The Balaban J connectivity index is 1.37. The highest BCUT2D eigenvalue weighted by atomic mass is 16.6. The minimum absolute atomic E-state index is 0.0677. The van der Waals surface area contributed by atoms with Gasteiger partial charge in [0.15, 0.2) is 5.79 Å². The number of para-hydroxylation sites is 3. The van der Waals surface area contributed by atoms with Gasteiger partial charge in [-0.05, 0) is 43.2 Å². The monoisotopic (exact) mass is 485 g/mol. The fraction of sp³-hybridized carbons (Fsp3) is 0.310. The smallest absolute Gasteiger partial charge is 0.238 e. The maximum absolute atomic E-state index is 13.7. The van der Waals surface area contributed by atoms with Crippen molar-refractivity contribution in [1.82, 2.24) is 0 Å². The normalized spacial score (nSPS) is 31.2. The molecule has 3 aliphatic rings. The van der Waals surface area contributed by atoms with Crippen molar-refractivity contribution in [1.29, 1.82) is 0 Å². The molecule has 3 aromatic rings. The number of hydrogen-bond acceptors (Lipinski definition) is 6. The first-order valence-corrected chi connectivity index (χ1v) is 12.3. The van der Waals surface area contributed by atoms with Crippen LogP contribution in [0.3, 0.4) is 0 Å². The van der Waals surface area contributed by atoms with Crippen LogP contribution >= 0.6 is 0 Å². The highest BCUT2D eigenvalue weighted by molar-refractivity contribution is 6.22. The lowest BCUT2D eigenvalue weighted by Crippen LogP contribution is -2.55. The van der Waals surface area contributed by atoms with E-state index >= 15 is 0 Å². The van der Waals surface area contributed by atoms with Crippen molar-refractivity contribution in [2.75, 3.05) is 11.5 Å². The predicted molar refractivity (Wildman–Crippen MR) is 131 cm³/mol. The molecule has 2 amide bonds. The second kappa shape index (κ2) is 8.76. The van der Waals surface area contributed by atoms with Crippen LogP contribution in [0.1, 0.15) is 24.5 Å². The van der Waals surface area contributed by atoms with Gasteiger partial charge in [0.05, 0.1) is 30.2 Å². The summed E-state index contributed by atoms with van der Waals surface area (Å²) in [7, 11) is 0. The van der Waals surface area contributed by atoms with Gasteiger partial charge in [0.1, 0.15) is 11.5 Å². The van der Waals surface area contributed by atoms with Gasteiger partial charge in [0.25, 0.3) is 0 Å². The van der Waals surface area contributed by atoms with E-state index in [-0.39, 0.29) is 30.6 Å². The number of amides is 2. The third-order valence-corrected chi connectivity index (χ3v) is 7.86. The summed E-state index contributed by atoms with van der Waals surface area (Å²) in [4.78, 5) is 28.5. The molecule has 3 aromatic carbocycles. The van der Waals surface area contributed by atoms with E-state index in [1.165, 1.54) is 4.90 Å². The van der Waals surface area contributed by atoms with Gasteiger partial charge in [-0.2, -0.15) is 0 Å². The molecule has 7 nitrogen and oxygen atoms in total. The first-order chi connectivity index (χ1) is 17.5. The first-order valence-electron chi connectivity index (χ1n) is 12.3. The van der Waals surface area contributed by atoms with Crippen LogP contribution in [0, 0.1) is 23.7 Å². The second-order valence-electron chi connectivity index (χ2n) is 9.80. The number of rotatable bonds is 5. The number of anilines is 1. The molecule has 7 heteroatoms. The summed E-state index contributed by atoms with van der Waals surface area (Å²) in [5.41, 5.74) is 1.08. The Morgan fingerprint density at radius 1 is 0.889 bits per heavy atom. The Hall–Kier alpha value is -3.68. The lowest BCUT2D eigenvalue weighted by molar-refractivity contribution is -0.272. The van der Waals surface area contributed by atoms with Gasteiger partial charge >= 0.3 is 0 Å². The zero-order valence-electron chi connectivity index (χ0n) is 19.6. The second-order valence-corrected chi connectivity index (χ2v) is 9.80. The number of nitrogens with zero attached hydrogens (tertiary/aromatic N) is 1. The molecule has 1 saturated carbocycles. The molecule has 2 aliphatic heterocycles. The van der Waals surface area contributed by atoms with Crippen LogP contribution < -0.4 is 9.64 Å². The number of carbonyl (C=O) groups is 2. The van der Waals surface area contributed by atoms with Gasteiger partial charge in [-0.25, -0.2) is 0 Å². The van der Waals surface area contributed by atoms with E-state index < -0.39 is 35.6 Å². The number of benzene rings is 3. The molecular weight excluding hydrogens is 458 g/mol. The van der Waals surface area contributed by atoms with Gasteiger partial charge in [-0.3, -0.25) is 14.5 Å². The number of hydrogen-bond donors (Lipinski definition) is 2. The Kier molecular flexibility index (Phi) is 5.54. The largest absolute Gasteiger partial charge is 0.508 e. The number of imide groups is 1. The van der Waals surface area contributed by atoms with E-state index in [2.05, 4.69) is 0 Å². The number of phenols is 1. The van der Waals surface area contributed by atoms with Crippen LogP contribution in [-0.4, -0.2) is 34.4 Å². The molecule has 1 aliphatic carbocycles. The van der Waals surface area contributed by atoms with E-state index in [4.69, 9.17) is 9.47 Å². The molecule has 2 N–H and O–H groups in total. The number of carbonyl (C=O) groups excluding carboxylic acids is 2. The summed E-state index contributed by atoms with van der Waals surface area (Å²) in [5, 5.41) is 22.5. The van der Waals surface area contributed by atoms with Crippen LogP contribution in [0.15, 0.2) is 84.9 Å². The summed E-state index contributed by atoms with van der Waals surface area (Å²) in [6.07, 6.45) is -0.0576. The van der Waals surface area contributed by atoms with Crippen molar-refractivity contribution in [2.24, 2.45) is 23.7 Å². The first kappa shape index (κ1) is 22.8. The summed E-state index contributed by atoms with van der Waals surface area (Å²) < 4.78 is 12.3. The minimum atomic E-state index is -1.69. The fourth-order valence-corrected chi connectivity index (χ4v) is 6.17. The Morgan fingerprint density at radius 3 is 2.28 bits per heavy atom. The molecule has 0 spiro atoms. The molecule has 184 valence electrons. The number of aliphatic hydroxyl groups is 1. The standard InChI is InChI=1S/C29H27NO6/c31-24-14-8-7-13-21(24)25-16-23-26-22(27(32)30(28(26)33)19-9-3-1-4-10-19)15-18(29(23,34)36-25)17-35-20-11-5-2-6-12-20/h1-14,18,22-23,25-26,31,34H,15-17H2/t18-,22+,23+,25+,26+,29-/m1/s1. The average Bonchev–Trinajstić information content (AvgIpc) is 3.37. The van der Waals surface area contributed by atoms with Gasteiger partial charge in [0, 0.05) is 17.4 Å². The highest BCUT2D eigenvalue weighted by Crippen LogP contribution is 2.59. The molecule has 0 aromatic heterocycles. The van der Waals surface area contributed by atoms with Crippen molar-refractivity contribution >= 4 is 17.5 Å². The molecule has 0 unspecified atom stereocenters. The third kappa shape index (κ3) is 3.58. The van der Waals surface area contributed by atoms with E-state index in [0.717, 1.165) is 0 Å². The maximum atomic E-state index is 13.7. The van der Waals surface area contributed by atoms with Crippen LogP contribution in [0.25, 0.3) is 0 Å². The summed E-state index contributed by atoms with van der Waals surface area (Å²) in [5.74, 6) is -4.02. The highest BCUT2D eigenvalue weighted by Gasteiger charge is 2.67. The van der Waals surface area contributed by atoms with Crippen LogP contribution in [0.5, 0.6) is 11.5 Å². The fourth-order valence-electron chi connectivity index (χ4n) is 6.17. The summed E-state index contributed by atoms with van der Waals surface area (Å²) in [6, 6.07) is 25.0. The van der Waals surface area contributed by atoms with Gasteiger partial charge in [-0.15, -0.1) is 0 Å².